The number of carboxylic acid groups (broad SMARTS) is 5. The van der Waals surface area contributed by atoms with E-state index in [0.29, 0.717) is 40.7 Å². The number of amides is 3. The van der Waals surface area contributed by atoms with Gasteiger partial charge in [-0.1, -0.05) is 25.3 Å². The number of thiocarbonyl (C=S) groups is 1. The molecular weight excluding hydrogens is 963 g/mol. The van der Waals surface area contributed by atoms with Gasteiger partial charge in [0.2, 0.25) is 5.91 Å². The van der Waals surface area contributed by atoms with Crippen molar-refractivity contribution in [2.45, 2.75) is 108 Å². The number of hydrogen-bond acceptors (Lipinski definition) is 13. The molecule has 0 saturated heterocycles. The summed E-state index contributed by atoms with van der Waals surface area (Å²) in [5, 5.41) is 70.9. The molecule has 0 unspecified atom stereocenters. The Morgan fingerprint density at radius 3 is 1.92 bits per heavy atom. The van der Waals surface area contributed by atoms with Crippen LogP contribution in [0.4, 0.5) is 10.5 Å². The first kappa shape index (κ1) is 56.6. The number of carboxylic acids is 5. The predicted molar refractivity (Wildman–Crippen MR) is 263 cm³/mol. The van der Waals surface area contributed by atoms with Gasteiger partial charge in [0.1, 0.15) is 40.7 Å². The number of fused-ring (bicyclic) bond motifs is 2. The van der Waals surface area contributed by atoms with Crippen LogP contribution in [0.15, 0.2) is 63.8 Å². The molecule has 2 aliphatic rings. The molecule has 72 heavy (non-hydrogen) atoms. The molecule has 3 amide bonds. The van der Waals surface area contributed by atoms with Crippen LogP contribution in [0.5, 0.6) is 5.75 Å². The molecule has 11 N–H and O–H groups in total. The minimum absolute atomic E-state index is 0.0397. The highest BCUT2D eigenvalue weighted by molar-refractivity contribution is 7.80. The molecular formula is C49H57N5O17S. The average molecular weight is 1020 g/mol. The van der Waals surface area contributed by atoms with Crippen LogP contribution in [0.3, 0.4) is 0 Å². The number of phenolic OH excluding ortho intramolecular Hbond substituents is 1. The van der Waals surface area contributed by atoms with E-state index in [1.807, 2.05) is 5.32 Å². The molecule has 0 radical (unpaired) electrons. The number of nitrogens with one attached hydrogen (secondary N) is 5. The third-order valence-corrected chi connectivity index (χ3v) is 11.7. The van der Waals surface area contributed by atoms with E-state index in [-0.39, 0.29) is 103 Å². The summed E-state index contributed by atoms with van der Waals surface area (Å²) in [7, 11) is 0. The van der Waals surface area contributed by atoms with Crippen molar-refractivity contribution in [1.29, 1.82) is 0 Å². The first-order valence-corrected chi connectivity index (χ1v) is 23.5. The quantitative estimate of drug-likeness (QED) is 0.0172. The minimum Gasteiger partial charge on any atom is -0.508 e. The molecule has 22 nitrogen and oxygen atoms in total. The number of Topliss-reactive ketones (excluding diaryl/α,β-unsaturated/α-hetero) is 2. The van der Waals surface area contributed by atoms with Crippen molar-refractivity contribution in [1.82, 2.24) is 21.3 Å². The zero-order chi connectivity index (χ0) is 52.9. The number of unbranched alkanes of at least 4 members (excludes halogenated alkanes) is 4. The van der Waals surface area contributed by atoms with Crippen LogP contribution in [0.25, 0.3) is 33.4 Å². The number of rotatable bonds is 31. The van der Waals surface area contributed by atoms with E-state index in [0.717, 1.165) is 25.7 Å². The number of phenols is 1. The highest BCUT2D eigenvalue weighted by Crippen LogP contribution is 2.42. The van der Waals surface area contributed by atoms with Crippen molar-refractivity contribution in [3.05, 3.63) is 70.4 Å². The summed E-state index contributed by atoms with van der Waals surface area (Å²) < 4.78 is 5.89. The standard InChI is InChI=1S/C49H57N5O17S/c55-29(13-17-37(46(66)67)53-48(70)54-38(47(68)69)18-20-42(60)61)8-6-22-50-41(59)19-9-27(44(62)63)23-30(56)7-4-2-1-3-5-21-51-49(72)52-28-10-14-33(36(24-28)45(64)65)43-34-15-11-31(57)25-39(34)71-40-26-32(58)12-16-35(40)43/h10-12,14-16,24-27,37-38,57H,1-9,13,17-23H2,(H,50,59)(H,60,61)(H,62,63)(H,64,65)(H,66,67)(H,68,69)(H2,51,52,72)(H2,53,54,70)/t27-,37+,38+/m1/s1. The Hall–Kier alpha value is -7.95. The van der Waals surface area contributed by atoms with Gasteiger partial charge in [-0.2, -0.15) is 0 Å². The maximum Gasteiger partial charge on any atom is 0.336 e. The second-order valence-electron chi connectivity index (χ2n) is 17.0. The fourth-order valence-electron chi connectivity index (χ4n) is 7.69. The topological polar surface area (TPSA) is 365 Å². The van der Waals surface area contributed by atoms with Crippen molar-refractivity contribution in [2.75, 3.05) is 18.4 Å². The molecule has 23 heteroatoms. The second-order valence-corrected chi connectivity index (χ2v) is 17.4. The summed E-state index contributed by atoms with van der Waals surface area (Å²) in [6.07, 6.45) is 1.86. The largest absolute Gasteiger partial charge is 0.508 e. The highest BCUT2D eigenvalue weighted by atomic mass is 32.1. The van der Waals surface area contributed by atoms with Gasteiger partial charge in [-0.25, -0.2) is 19.2 Å². The summed E-state index contributed by atoms with van der Waals surface area (Å²) in [6, 6.07) is 9.15. The zero-order valence-electron chi connectivity index (χ0n) is 39.0. The number of aliphatic carboxylic acids is 4. The summed E-state index contributed by atoms with van der Waals surface area (Å²) in [5.41, 5.74) is 1.73. The number of carbonyl (C=O) groups is 9. The Morgan fingerprint density at radius 1 is 0.611 bits per heavy atom. The number of urea groups is 1. The van der Waals surface area contributed by atoms with Crippen LogP contribution in [-0.2, 0) is 33.6 Å². The van der Waals surface area contributed by atoms with E-state index in [9.17, 15) is 73.5 Å². The Labute approximate surface area is 416 Å². The Balaban J connectivity index is 1.09. The Kier molecular flexibility index (Phi) is 22.1. The number of hydrogen-bond donors (Lipinski definition) is 11. The fourth-order valence-corrected chi connectivity index (χ4v) is 7.91. The van der Waals surface area contributed by atoms with Crippen molar-refractivity contribution >= 4 is 87.3 Å². The molecule has 0 spiro atoms. The third kappa shape index (κ3) is 18.4. The average Bonchev–Trinajstić information content (AvgIpc) is 3.31. The van der Waals surface area contributed by atoms with E-state index in [1.54, 1.807) is 24.3 Å². The maximum absolute atomic E-state index is 12.6. The number of aromatic carboxylic acids is 1. The van der Waals surface area contributed by atoms with E-state index >= 15 is 0 Å². The Bertz CT molecular complexity index is 2690. The van der Waals surface area contributed by atoms with E-state index in [1.165, 1.54) is 30.3 Å². The predicted octanol–water partition coefficient (Wildman–Crippen LogP) is 5.35. The molecule has 2 aromatic rings. The highest BCUT2D eigenvalue weighted by Gasteiger charge is 2.27. The molecule has 0 fully saturated rings. The van der Waals surface area contributed by atoms with Crippen LogP contribution >= 0.6 is 12.2 Å². The van der Waals surface area contributed by atoms with Crippen molar-refractivity contribution in [2.24, 2.45) is 5.92 Å². The van der Waals surface area contributed by atoms with Gasteiger partial charge >= 0.3 is 35.9 Å². The van der Waals surface area contributed by atoms with Gasteiger partial charge in [-0.3, -0.25) is 28.8 Å². The minimum atomic E-state index is -1.58. The SMILES string of the molecule is O=C(O)CC[C@H](NC(=O)N[C@@H](CCC(=O)CCCNC(=O)CC[C@H](CC(=O)CCCCCCCNC(=S)Nc1ccc(-c2c3ccc(=O)cc-3oc3cc(O)ccc23)c(C(=O)O)c1)C(=O)O)C(=O)O)C(=O)O. The third-order valence-electron chi connectivity index (χ3n) is 11.4. The van der Waals surface area contributed by atoms with Gasteiger partial charge in [0, 0.05) is 85.9 Å². The first-order valence-electron chi connectivity index (χ1n) is 23.1. The first-order chi connectivity index (χ1) is 34.2. The van der Waals surface area contributed by atoms with Crippen LogP contribution in [0.2, 0.25) is 0 Å². The van der Waals surface area contributed by atoms with Gasteiger partial charge in [0.25, 0.3) is 0 Å². The normalized spacial score (nSPS) is 12.2. The summed E-state index contributed by atoms with van der Waals surface area (Å²) >= 11 is 5.45. The Morgan fingerprint density at radius 2 is 1.25 bits per heavy atom. The number of ketones is 2. The van der Waals surface area contributed by atoms with Crippen molar-refractivity contribution in [3.8, 4) is 28.2 Å². The zero-order valence-corrected chi connectivity index (χ0v) is 39.8. The number of anilines is 1. The van der Waals surface area contributed by atoms with Gasteiger partial charge < -0.3 is 61.6 Å². The fraction of sp³-hybridized carbons (Fsp3) is 0.408. The van der Waals surface area contributed by atoms with Gasteiger partial charge in [0.15, 0.2) is 10.5 Å². The van der Waals surface area contributed by atoms with Gasteiger partial charge in [-0.05, 0) is 92.7 Å². The molecule has 0 bridgehead atoms. The van der Waals surface area contributed by atoms with Crippen LogP contribution in [-0.4, -0.2) is 114 Å². The van der Waals surface area contributed by atoms with Crippen LogP contribution in [0.1, 0.15) is 107 Å². The lowest BCUT2D eigenvalue weighted by molar-refractivity contribution is -0.144. The van der Waals surface area contributed by atoms with Crippen LogP contribution in [0, 0.1) is 5.92 Å². The monoisotopic (exact) mass is 1020 g/mol. The van der Waals surface area contributed by atoms with Crippen LogP contribution < -0.4 is 32.0 Å². The van der Waals surface area contributed by atoms with E-state index in [2.05, 4.69) is 21.3 Å². The lowest BCUT2D eigenvalue weighted by Gasteiger charge is -2.18. The summed E-state index contributed by atoms with van der Waals surface area (Å²) in [5.74, 6) is -8.70. The molecule has 1 aliphatic carbocycles. The number of carbonyl (C=O) groups excluding carboxylic acids is 4. The summed E-state index contributed by atoms with van der Waals surface area (Å²) in [4.78, 5) is 120. The molecule has 3 atom stereocenters. The lowest BCUT2D eigenvalue weighted by Crippen LogP contribution is -2.51. The second kappa shape index (κ2) is 28.0. The maximum atomic E-state index is 12.6. The number of aromatic hydroxyl groups is 1. The van der Waals surface area contributed by atoms with Crippen molar-refractivity contribution < 1.29 is 78.2 Å². The lowest BCUT2D eigenvalue weighted by atomic mass is 9.90. The van der Waals surface area contributed by atoms with Gasteiger partial charge in [-0.15, -0.1) is 0 Å². The van der Waals surface area contributed by atoms with Crippen molar-refractivity contribution in [3.63, 3.8) is 0 Å². The molecule has 0 saturated carbocycles. The molecule has 1 heterocycles. The van der Waals surface area contributed by atoms with E-state index in [4.69, 9.17) is 21.7 Å². The summed E-state index contributed by atoms with van der Waals surface area (Å²) in [6.45, 7) is 0.573. The number of benzene rings is 3. The molecule has 386 valence electrons. The van der Waals surface area contributed by atoms with E-state index < -0.39 is 72.6 Å². The van der Waals surface area contributed by atoms with Gasteiger partial charge in [0.05, 0.1) is 11.5 Å². The molecule has 0 aromatic heterocycles. The molecule has 4 rings (SSSR count). The molecule has 1 aliphatic heterocycles. The molecule has 2 aromatic carbocycles. The smallest absolute Gasteiger partial charge is 0.336 e.